The van der Waals surface area contributed by atoms with Crippen LogP contribution < -0.4 is 10.3 Å². The molecule has 1 unspecified atom stereocenters. The number of hydrogen-bond acceptors (Lipinski definition) is 3. The predicted molar refractivity (Wildman–Crippen MR) is 120 cm³/mol. The van der Waals surface area contributed by atoms with Crippen molar-refractivity contribution in [1.82, 2.24) is 0 Å². The molecule has 0 fully saturated rings. The number of carbonyl (C=O) groups excluding carboxylic acids is 1. The Bertz CT molecular complexity index is 1340. The molecule has 0 spiro atoms. The van der Waals surface area contributed by atoms with Crippen molar-refractivity contribution in [3.8, 4) is 0 Å². The molecule has 1 atom stereocenters. The lowest BCUT2D eigenvalue weighted by atomic mass is 9.85. The molecule has 30 heavy (non-hydrogen) atoms. The topological polar surface area (TPSA) is 37.4 Å². The van der Waals surface area contributed by atoms with Gasteiger partial charge in [-0.05, 0) is 29.8 Å². The zero-order chi connectivity index (χ0) is 20.8. The number of carbonyl (C=O) groups is 1. The largest absolute Gasteiger partial charge is 0.289 e. The average molecular weight is 436 g/mol. The van der Waals surface area contributed by atoms with E-state index in [1.807, 2.05) is 60.7 Å². The highest BCUT2D eigenvalue weighted by Crippen LogP contribution is 2.45. The van der Waals surface area contributed by atoms with Crippen molar-refractivity contribution in [3.05, 3.63) is 105 Å². The number of hydrogen-bond donors (Lipinski definition) is 0. The van der Waals surface area contributed by atoms with Crippen molar-refractivity contribution >= 4 is 49.6 Å². The van der Waals surface area contributed by atoms with Crippen LogP contribution in [0.2, 0.25) is 5.02 Å². The van der Waals surface area contributed by atoms with Gasteiger partial charge in [0, 0.05) is 33.7 Å². The van der Waals surface area contributed by atoms with Crippen LogP contribution in [0, 0.1) is 5.82 Å². The number of anilines is 2. The summed E-state index contributed by atoms with van der Waals surface area (Å²) in [6.45, 7) is 0. The summed E-state index contributed by atoms with van der Waals surface area (Å²) in [5.74, 6) is -1.11. The fraction of sp³-hybridized carbons (Fsp3) is 0.0833. The van der Waals surface area contributed by atoms with E-state index in [1.165, 1.54) is 23.5 Å². The van der Waals surface area contributed by atoms with Gasteiger partial charge in [0.1, 0.15) is 10.8 Å². The van der Waals surface area contributed by atoms with Crippen molar-refractivity contribution in [2.75, 3.05) is 4.90 Å². The van der Waals surface area contributed by atoms with Crippen LogP contribution in [0.5, 0.6) is 0 Å². The molecule has 1 aliphatic rings. The summed E-state index contributed by atoms with van der Waals surface area (Å²) in [7, 11) is 0. The molecule has 5 rings (SSSR count). The third-order valence-electron chi connectivity index (χ3n) is 5.34. The molecular formula is C24H15ClFNO2S. The molecule has 0 bridgehead atoms. The van der Waals surface area contributed by atoms with Crippen LogP contribution in [0.1, 0.15) is 23.5 Å². The van der Waals surface area contributed by atoms with Crippen molar-refractivity contribution in [1.29, 1.82) is 0 Å². The maximum absolute atomic E-state index is 14.2. The van der Waals surface area contributed by atoms with Crippen LogP contribution in [0.25, 0.3) is 10.1 Å². The van der Waals surface area contributed by atoms with Gasteiger partial charge >= 0.3 is 0 Å². The molecule has 3 nitrogen and oxygen atoms in total. The molecule has 1 aromatic heterocycles. The van der Waals surface area contributed by atoms with Gasteiger partial charge in [0.2, 0.25) is 5.91 Å². The van der Waals surface area contributed by atoms with Crippen LogP contribution in [0.3, 0.4) is 0 Å². The quantitative estimate of drug-likeness (QED) is 0.373. The van der Waals surface area contributed by atoms with Gasteiger partial charge in [-0.3, -0.25) is 14.5 Å². The third kappa shape index (κ3) is 3.02. The Balaban J connectivity index is 1.85. The van der Waals surface area contributed by atoms with Crippen molar-refractivity contribution in [3.63, 3.8) is 0 Å². The lowest BCUT2D eigenvalue weighted by molar-refractivity contribution is -0.118. The van der Waals surface area contributed by atoms with E-state index < -0.39 is 5.82 Å². The van der Waals surface area contributed by atoms with Gasteiger partial charge in [0.25, 0.3) is 0 Å². The van der Waals surface area contributed by atoms with E-state index in [4.69, 9.17) is 11.6 Å². The molecule has 0 radical (unpaired) electrons. The molecule has 1 amide bonds. The summed E-state index contributed by atoms with van der Waals surface area (Å²) in [5, 5.41) is 0.793. The number of fused-ring (bicyclic) bond motifs is 2. The third-order valence-corrected chi connectivity index (χ3v) is 6.79. The summed E-state index contributed by atoms with van der Waals surface area (Å²) in [4.78, 5) is 28.4. The van der Waals surface area contributed by atoms with E-state index in [2.05, 4.69) is 0 Å². The van der Waals surface area contributed by atoms with Crippen LogP contribution >= 0.6 is 22.9 Å². The van der Waals surface area contributed by atoms with Gasteiger partial charge in [-0.25, -0.2) is 4.39 Å². The molecule has 148 valence electrons. The zero-order valence-corrected chi connectivity index (χ0v) is 17.2. The van der Waals surface area contributed by atoms with Gasteiger partial charge in [0.15, 0.2) is 5.43 Å². The maximum Gasteiger partial charge on any atom is 0.233 e. The first kappa shape index (κ1) is 19.0. The first-order chi connectivity index (χ1) is 14.5. The van der Waals surface area contributed by atoms with Crippen LogP contribution in [0.4, 0.5) is 15.1 Å². The second-order valence-electron chi connectivity index (χ2n) is 7.14. The van der Waals surface area contributed by atoms with E-state index in [9.17, 15) is 14.0 Å². The minimum atomic E-state index is -0.628. The molecule has 4 aromatic rings. The second-order valence-corrected chi connectivity index (χ2v) is 8.58. The van der Waals surface area contributed by atoms with Crippen molar-refractivity contribution < 1.29 is 9.18 Å². The molecule has 0 aliphatic carbocycles. The Hall–Kier alpha value is -3.02. The van der Waals surface area contributed by atoms with Crippen LogP contribution in [-0.2, 0) is 4.79 Å². The number of amides is 1. The standard InChI is InChI=1S/C24H15ClFNO2S/c25-18-13-20-17(11-19(18)26)23(29)22-16(14-7-3-1-4-8-14)12-21(28)27(24(22)30-20)15-9-5-2-6-10-15/h1-11,13,16H,12H2. The van der Waals surface area contributed by atoms with Gasteiger partial charge in [-0.1, -0.05) is 60.1 Å². The highest BCUT2D eigenvalue weighted by molar-refractivity contribution is 7.22. The molecule has 3 aromatic carbocycles. The predicted octanol–water partition coefficient (Wildman–Crippen LogP) is 6.25. The smallest absolute Gasteiger partial charge is 0.233 e. The Morgan fingerprint density at radius 1 is 0.967 bits per heavy atom. The fourth-order valence-corrected chi connectivity index (χ4v) is 5.47. The van der Waals surface area contributed by atoms with Crippen molar-refractivity contribution in [2.45, 2.75) is 12.3 Å². The summed E-state index contributed by atoms with van der Waals surface area (Å²) < 4.78 is 14.7. The minimum absolute atomic E-state index is 0.0499. The summed E-state index contributed by atoms with van der Waals surface area (Å²) in [6.07, 6.45) is 0.162. The Labute approximate surface area is 181 Å². The monoisotopic (exact) mass is 435 g/mol. The first-order valence-electron chi connectivity index (χ1n) is 9.43. The van der Waals surface area contributed by atoms with Gasteiger partial charge < -0.3 is 0 Å². The van der Waals surface area contributed by atoms with E-state index >= 15 is 0 Å². The van der Waals surface area contributed by atoms with Crippen LogP contribution in [0.15, 0.2) is 77.6 Å². The zero-order valence-electron chi connectivity index (χ0n) is 15.6. The number of nitrogens with zero attached hydrogens (tertiary/aromatic N) is 1. The van der Waals surface area contributed by atoms with E-state index in [0.717, 1.165) is 5.56 Å². The number of halogens is 2. The Morgan fingerprint density at radius 2 is 1.63 bits per heavy atom. The molecule has 0 saturated heterocycles. The number of para-hydroxylation sites is 1. The van der Waals surface area contributed by atoms with Gasteiger partial charge in [0.05, 0.1) is 5.02 Å². The normalized spacial score (nSPS) is 16.0. The molecule has 1 aliphatic heterocycles. The molecule has 0 saturated carbocycles. The second kappa shape index (κ2) is 7.35. The molecular weight excluding hydrogens is 421 g/mol. The first-order valence-corrected chi connectivity index (χ1v) is 10.6. The highest BCUT2D eigenvalue weighted by Gasteiger charge is 2.36. The van der Waals surface area contributed by atoms with Crippen molar-refractivity contribution in [2.24, 2.45) is 0 Å². The highest BCUT2D eigenvalue weighted by atomic mass is 35.5. The molecule has 6 heteroatoms. The Morgan fingerprint density at radius 3 is 2.33 bits per heavy atom. The molecule has 0 N–H and O–H groups in total. The van der Waals surface area contributed by atoms with Gasteiger partial charge in [-0.2, -0.15) is 0 Å². The van der Waals surface area contributed by atoms with E-state index in [1.54, 1.807) is 4.90 Å². The average Bonchev–Trinajstić information content (AvgIpc) is 2.76. The SMILES string of the molecule is O=C1CC(c2ccccc2)c2c(sc3cc(Cl)c(F)cc3c2=O)N1c1ccccc1. The molecule has 2 heterocycles. The van der Waals surface area contributed by atoms with E-state index in [0.29, 0.717) is 21.0 Å². The number of benzene rings is 3. The van der Waals surface area contributed by atoms with E-state index in [-0.39, 0.29) is 34.1 Å². The summed E-state index contributed by atoms with van der Waals surface area (Å²) in [6, 6.07) is 21.4. The Kier molecular flexibility index (Phi) is 4.65. The van der Waals surface area contributed by atoms with Crippen LogP contribution in [-0.4, -0.2) is 5.91 Å². The number of rotatable bonds is 2. The fourth-order valence-electron chi connectivity index (χ4n) is 3.95. The summed E-state index contributed by atoms with van der Waals surface area (Å²) in [5.41, 5.74) is 1.83. The lowest BCUT2D eigenvalue weighted by Crippen LogP contribution is -2.35. The lowest BCUT2D eigenvalue weighted by Gasteiger charge is -2.33. The minimum Gasteiger partial charge on any atom is -0.289 e. The maximum atomic E-state index is 14.2. The summed E-state index contributed by atoms with van der Waals surface area (Å²) >= 11 is 7.26. The van der Waals surface area contributed by atoms with Gasteiger partial charge in [-0.15, -0.1) is 11.3 Å².